The van der Waals surface area contributed by atoms with Crippen molar-refractivity contribution in [2.75, 3.05) is 6.54 Å². The SMILES string of the molecule is O=C(CC1NC(=O)NC1=O)NCCc1ccc(F)cc1. The summed E-state index contributed by atoms with van der Waals surface area (Å²) in [4.78, 5) is 33.7. The van der Waals surface area contributed by atoms with Gasteiger partial charge in [-0.3, -0.25) is 14.9 Å². The Morgan fingerprint density at radius 1 is 1.25 bits per heavy atom. The Labute approximate surface area is 114 Å². The third-order valence-electron chi connectivity index (χ3n) is 2.90. The van der Waals surface area contributed by atoms with E-state index in [1.807, 2.05) is 0 Å². The van der Waals surface area contributed by atoms with Gasteiger partial charge in [0.05, 0.1) is 6.42 Å². The van der Waals surface area contributed by atoms with Gasteiger partial charge in [-0.2, -0.15) is 0 Å². The molecule has 1 heterocycles. The molecule has 0 bridgehead atoms. The highest BCUT2D eigenvalue weighted by molar-refractivity contribution is 6.05. The molecule has 0 aliphatic carbocycles. The number of hydrogen-bond donors (Lipinski definition) is 3. The highest BCUT2D eigenvalue weighted by Crippen LogP contribution is 2.03. The number of benzene rings is 1. The topological polar surface area (TPSA) is 87.3 Å². The maximum atomic E-state index is 12.7. The summed E-state index contributed by atoms with van der Waals surface area (Å²) in [6.07, 6.45) is 0.468. The van der Waals surface area contributed by atoms with Crippen molar-refractivity contribution in [1.82, 2.24) is 16.0 Å². The lowest BCUT2D eigenvalue weighted by atomic mass is 10.1. The number of halogens is 1. The minimum absolute atomic E-state index is 0.0962. The van der Waals surface area contributed by atoms with Crippen LogP contribution in [0.2, 0.25) is 0 Å². The Morgan fingerprint density at radius 3 is 2.55 bits per heavy atom. The summed E-state index contributed by atoms with van der Waals surface area (Å²) in [5, 5.41) is 7.05. The summed E-state index contributed by atoms with van der Waals surface area (Å²) < 4.78 is 12.7. The van der Waals surface area contributed by atoms with E-state index in [9.17, 15) is 18.8 Å². The van der Waals surface area contributed by atoms with E-state index in [0.717, 1.165) is 5.56 Å². The van der Waals surface area contributed by atoms with Crippen LogP contribution in [0.4, 0.5) is 9.18 Å². The summed E-state index contributed by atoms with van der Waals surface area (Å²) in [6.45, 7) is 0.382. The minimum Gasteiger partial charge on any atom is -0.356 e. The molecule has 1 aromatic carbocycles. The lowest BCUT2D eigenvalue weighted by Crippen LogP contribution is -2.36. The van der Waals surface area contributed by atoms with E-state index in [-0.39, 0.29) is 18.1 Å². The molecular weight excluding hydrogens is 265 g/mol. The third-order valence-corrected chi connectivity index (χ3v) is 2.90. The van der Waals surface area contributed by atoms with Crippen LogP contribution in [-0.4, -0.2) is 30.4 Å². The predicted molar refractivity (Wildman–Crippen MR) is 68.2 cm³/mol. The van der Waals surface area contributed by atoms with Crippen molar-refractivity contribution in [1.29, 1.82) is 0 Å². The molecule has 0 radical (unpaired) electrons. The fraction of sp³-hybridized carbons (Fsp3) is 0.308. The van der Waals surface area contributed by atoms with Gasteiger partial charge >= 0.3 is 6.03 Å². The van der Waals surface area contributed by atoms with Gasteiger partial charge < -0.3 is 10.6 Å². The number of amides is 4. The van der Waals surface area contributed by atoms with Crippen LogP contribution in [0.15, 0.2) is 24.3 Å². The first-order chi connectivity index (χ1) is 9.54. The molecule has 7 heteroatoms. The highest BCUT2D eigenvalue weighted by atomic mass is 19.1. The molecule has 0 spiro atoms. The number of nitrogens with one attached hydrogen (secondary N) is 3. The molecule has 2 rings (SSSR count). The quantitative estimate of drug-likeness (QED) is 0.667. The largest absolute Gasteiger partial charge is 0.356 e. The zero-order chi connectivity index (χ0) is 14.5. The van der Waals surface area contributed by atoms with E-state index < -0.39 is 18.0 Å². The second-order valence-corrected chi connectivity index (χ2v) is 4.45. The normalized spacial score (nSPS) is 17.6. The van der Waals surface area contributed by atoms with Gasteiger partial charge in [-0.15, -0.1) is 0 Å². The molecule has 1 aliphatic rings. The molecule has 20 heavy (non-hydrogen) atoms. The maximum Gasteiger partial charge on any atom is 0.322 e. The summed E-state index contributed by atoms with van der Waals surface area (Å²) in [6, 6.07) is 4.61. The first-order valence-corrected chi connectivity index (χ1v) is 6.17. The van der Waals surface area contributed by atoms with Gasteiger partial charge in [-0.1, -0.05) is 12.1 Å². The molecule has 1 saturated heterocycles. The minimum atomic E-state index is -0.812. The number of imide groups is 1. The molecule has 0 aromatic heterocycles. The number of carbonyl (C=O) groups excluding carboxylic acids is 3. The maximum absolute atomic E-state index is 12.7. The van der Waals surface area contributed by atoms with Crippen LogP contribution in [-0.2, 0) is 16.0 Å². The number of hydrogen-bond acceptors (Lipinski definition) is 3. The fourth-order valence-corrected chi connectivity index (χ4v) is 1.86. The Hall–Kier alpha value is -2.44. The number of carbonyl (C=O) groups is 3. The van der Waals surface area contributed by atoms with Crippen molar-refractivity contribution >= 4 is 17.8 Å². The van der Waals surface area contributed by atoms with Gasteiger partial charge in [0.2, 0.25) is 5.91 Å². The lowest BCUT2D eigenvalue weighted by Gasteiger charge is -2.08. The first-order valence-electron chi connectivity index (χ1n) is 6.17. The highest BCUT2D eigenvalue weighted by Gasteiger charge is 2.30. The molecule has 1 unspecified atom stereocenters. The van der Waals surface area contributed by atoms with E-state index in [4.69, 9.17) is 0 Å². The predicted octanol–water partition coefficient (Wildman–Crippen LogP) is 0.0825. The van der Waals surface area contributed by atoms with E-state index in [1.54, 1.807) is 12.1 Å². The van der Waals surface area contributed by atoms with Gasteiger partial charge in [-0.05, 0) is 24.1 Å². The van der Waals surface area contributed by atoms with Crippen molar-refractivity contribution < 1.29 is 18.8 Å². The molecule has 1 atom stereocenters. The summed E-state index contributed by atoms with van der Waals surface area (Å²) in [7, 11) is 0. The van der Waals surface area contributed by atoms with Crippen LogP contribution in [0.1, 0.15) is 12.0 Å². The molecule has 6 nitrogen and oxygen atoms in total. The third kappa shape index (κ3) is 3.78. The monoisotopic (exact) mass is 279 g/mol. The van der Waals surface area contributed by atoms with E-state index in [2.05, 4.69) is 16.0 Å². The molecule has 1 aromatic rings. The zero-order valence-corrected chi connectivity index (χ0v) is 10.6. The Bertz CT molecular complexity index is 530. The lowest BCUT2D eigenvalue weighted by molar-refractivity contribution is -0.126. The molecule has 3 N–H and O–H groups in total. The van der Waals surface area contributed by atoms with Crippen molar-refractivity contribution in [3.63, 3.8) is 0 Å². The molecule has 1 aliphatic heterocycles. The van der Waals surface area contributed by atoms with Gasteiger partial charge in [0.1, 0.15) is 11.9 Å². The summed E-state index contributed by atoms with van der Waals surface area (Å²) in [5.41, 5.74) is 0.901. The van der Waals surface area contributed by atoms with Crippen LogP contribution in [0.3, 0.4) is 0 Å². The average molecular weight is 279 g/mol. The second-order valence-electron chi connectivity index (χ2n) is 4.45. The second kappa shape index (κ2) is 6.14. The molecule has 0 saturated carbocycles. The first kappa shape index (κ1) is 14.0. The van der Waals surface area contributed by atoms with Crippen LogP contribution >= 0.6 is 0 Å². The summed E-state index contributed by atoms with van der Waals surface area (Å²) >= 11 is 0. The van der Waals surface area contributed by atoms with E-state index >= 15 is 0 Å². The number of urea groups is 1. The number of rotatable bonds is 5. The molecular formula is C13H14FN3O3. The van der Waals surface area contributed by atoms with Gasteiger partial charge in [-0.25, -0.2) is 9.18 Å². The Balaban J connectivity index is 1.71. The van der Waals surface area contributed by atoms with Crippen molar-refractivity contribution in [3.8, 4) is 0 Å². The van der Waals surface area contributed by atoms with Crippen LogP contribution in [0, 0.1) is 5.82 Å². The van der Waals surface area contributed by atoms with Crippen LogP contribution in [0.25, 0.3) is 0 Å². The standard InChI is InChI=1S/C13H14FN3O3/c14-9-3-1-8(2-4-9)5-6-15-11(18)7-10-12(19)17-13(20)16-10/h1-4,10H,5-7H2,(H,15,18)(H2,16,17,19,20). The van der Waals surface area contributed by atoms with Crippen LogP contribution < -0.4 is 16.0 Å². The zero-order valence-electron chi connectivity index (χ0n) is 10.6. The van der Waals surface area contributed by atoms with Gasteiger partial charge in [0.25, 0.3) is 5.91 Å². The van der Waals surface area contributed by atoms with Gasteiger partial charge in [0, 0.05) is 6.54 Å². The molecule has 106 valence electrons. The van der Waals surface area contributed by atoms with E-state index in [0.29, 0.717) is 13.0 Å². The summed E-state index contributed by atoms with van der Waals surface area (Å²) in [5.74, 6) is -1.13. The Kier molecular flexibility index (Phi) is 4.29. The van der Waals surface area contributed by atoms with Crippen molar-refractivity contribution in [3.05, 3.63) is 35.6 Å². The average Bonchev–Trinajstić information content (AvgIpc) is 2.70. The molecule has 4 amide bonds. The van der Waals surface area contributed by atoms with E-state index in [1.165, 1.54) is 12.1 Å². The molecule has 1 fully saturated rings. The van der Waals surface area contributed by atoms with Gasteiger partial charge in [0.15, 0.2) is 0 Å². The fourth-order valence-electron chi connectivity index (χ4n) is 1.86. The Morgan fingerprint density at radius 2 is 1.95 bits per heavy atom. The smallest absolute Gasteiger partial charge is 0.322 e. The van der Waals surface area contributed by atoms with Crippen LogP contribution in [0.5, 0.6) is 0 Å². The van der Waals surface area contributed by atoms with Crippen molar-refractivity contribution in [2.24, 2.45) is 0 Å². The van der Waals surface area contributed by atoms with Crippen molar-refractivity contribution in [2.45, 2.75) is 18.9 Å².